The Morgan fingerprint density at radius 2 is 1.96 bits per heavy atom. The fraction of sp³-hybridized carbons (Fsp3) is 0.474. The van der Waals surface area contributed by atoms with Crippen LogP contribution >= 0.6 is 0 Å². The number of aryl methyl sites for hydroxylation is 3. The van der Waals surface area contributed by atoms with Gasteiger partial charge in [0.15, 0.2) is 0 Å². The summed E-state index contributed by atoms with van der Waals surface area (Å²) in [6.45, 7) is 4.92. The zero-order chi connectivity index (χ0) is 19.6. The summed E-state index contributed by atoms with van der Waals surface area (Å²) >= 11 is 0. The molecule has 8 heteroatoms. The van der Waals surface area contributed by atoms with Crippen molar-refractivity contribution in [2.24, 2.45) is 13.0 Å². The Kier molecular flexibility index (Phi) is 5.67. The van der Waals surface area contributed by atoms with Crippen LogP contribution in [0.4, 0.5) is 0 Å². The molecule has 0 spiro atoms. The van der Waals surface area contributed by atoms with Crippen LogP contribution in [0.15, 0.2) is 35.5 Å². The largest absolute Gasteiger partial charge is 0.352 e. The van der Waals surface area contributed by atoms with Crippen molar-refractivity contribution in [1.29, 1.82) is 0 Å². The standard InChI is InChI=1S/C19H26N4O3S/c1-14-4-5-18(15(2)10-14)27(25,26)23-8-6-17(7-9-23)19(24)20-11-16-12-21-22(3)13-16/h4-5,10,12-13,17H,6-9,11H2,1-3H3,(H,20,24). The van der Waals surface area contributed by atoms with Crippen LogP contribution in [0.3, 0.4) is 0 Å². The van der Waals surface area contributed by atoms with Crippen LogP contribution < -0.4 is 5.32 Å². The van der Waals surface area contributed by atoms with E-state index in [2.05, 4.69) is 10.4 Å². The first kappa shape index (κ1) is 19.6. The van der Waals surface area contributed by atoms with Crippen LogP contribution in [0.5, 0.6) is 0 Å². The topological polar surface area (TPSA) is 84.3 Å². The van der Waals surface area contributed by atoms with Crippen molar-refractivity contribution < 1.29 is 13.2 Å². The molecule has 27 heavy (non-hydrogen) atoms. The van der Waals surface area contributed by atoms with Gasteiger partial charge in [0.25, 0.3) is 0 Å². The highest BCUT2D eigenvalue weighted by Crippen LogP contribution is 2.26. The quantitative estimate of drug-likeness (QED) is 0.843. The summed E-state index contributed by atoms with van der Waals surface area (Å²) in [5, 5.41) is 7.00. The number of rotatable bonds is 5. The smallest absolute Gasteiger partial charge is 0.243 e. The van der Waals surface area contributed by atoms with E-state index in [0.29, 0.717) is 37.4 Å². The molecule has 1 aliphatic rings. The van der Waals surface area contributed by atoms with E-state index in [1.165, 1.54) is 4.31 Å². The molecule has 3 rings (SSSR count). The van der Waals surface area contributed by atoms with E-state index in [9.17, 15) is 13.2 Å². The van der Waals surface area contributed by atoms with Crippen molar-refractivity contribution in [2.75, 3.05) is 13.1 Å². The van der Waals surface area contributed by atoms with Crippen LogP contribution in [0.25, 0.3) is 0 Å². The van der Waals surface area contributed by atoms with Gasteiger partial charge in [-0.05, 0) is 38.3 Å². The highest BCUT2D eigenvalue weighted by molar-refractivity contribution is 7.89. The highest BCUT2D eigenvalue weighted by Gasteiger charge is 2.32. The number of nitrogens with one attached hydrogen (secondary N) is 1. The van der Waals surface area contributed by atoms with Crippen LogP contribution in [0.2, 0.25) is 0 Å². The van der Waals surface area contributed by atoms with Gasteiger partial charge < -0.3 is 5.32 Å². The second kappa shape index (κ2) is 7.82. The minimum atomic E-state index is -3.52. The van der Waals surface area contributed by atoms with Crippen LogP contribution in [0, 0.1) is 19.8 Å². The molecule has 0 saturated carbocycles. The monoisotopic (exact) mass is 390 g/mol. The van der Waals surface area contributed by atoms with Crippen molar-refractivity contribution in [3.05, 3.63) is 47.3 Å². The van der Waals surface area contributed by atoms with E-state index in [4.69, 9.17) is 0 Å². The molecular formula is C19H26N4O3S. The molecule has 0 atom stereocenters. The second-order valence-electron chi connectivity index (χ2n) is 7.19. The Bertz CT molecular complexity index is 928. The van der Waals surface area contributed by atoms with Gasteiger partial charge in [-0.3, -0.25) is 9.48 Å². The maximum atomic E-state index is 12.9. The third-order valence-corrected chi connectivity index (χ3v) is 7.06. The number of sulfonamides is 1. The molecule has 146 valence electrons. The summed E-state index contributed by atoms with van der Waals surface area (Å²) in [6, 6.07) is 5.37. The van der Waals surface area contributed by atoms with E-state index in [1.807, 2.05) is 39.2 Å². The SMILES string of the molecule is Cc1ccc(S(=O)(=O)N2CCC(C(=O)NCc3cnn(C)c3)CC2)c(C)c1. The Hall–Kier alpha value is -2.19. The van der Waals surface area contributed by atoms with Crippen molar-refractivity contribution in [3.63, 3.8) is 0 Å². The number of carbonyl (C=O) groups excluding carboxylic acids is 1. The first-order valence-corrected chi connectivity index (χ1v) is 10.5. The van der Waals surface area contributed by atoms with Gasteiger partial charge in [-0.15, -0.1) is 0 Å². The molecule has 2 aromatic rings. The van der Waals surface area contributed by atoms with Gasteiger partial charge in [0, 0.05) is 44.4 Å². The zero-order valence-electron chi connectivity index (χ0n) is 16.0. The van der Waals surface area contributed by atoms with E-state index in [-0.39, 0.29) is 11.8 Å². The average molecular weight is 391 g/mol. The second-order valence-corrected chi connectivity index (χ2v) is 9.09. The molecule has 0 radical (unpaired) electrons. The molecule has 1 N–H and O–H groups in total. The third kappa shape index (κ3) is 4.39. The van der Waals surface area contributed by atoms with Gasteiger partial charge in [0.1, 0.15) is 0 Å². The number of carbonyl (C=O) groups is 1. The number of benzene rings is 1. The van der Waals surface area contributed by atoms with Crippen LogP contribution in [-0.4, -0.2) is 41.5 Å². The zero-order valence-corrected chi connectivity index (χ0v) is 16.8. The van der Waals surface area contributed by atoms with Gasteiger partial charge in [-0.1, -0.05) is 17.7 Å². The first-order chi connectivity index (χ1) is 12.8. The molecule has 0 bridgehead atoms. The van der Waals surface area contributed by atoms with Gasteiger partial charge in [-0.2, -0.15) is 9.40 Å². The average Bonchev–Trinajstić information content (AvgIpc) is 3.05. The predicted molar refractivity (Wildman–Crippen MR) is 102 cm³/mol. The summed E-state index contributed by atoms with van der Waals surface area (Å²) < 4.78 is 29.0. The summed E-state index contributed by atoms with van der Waals surface area (Å²) in [4.78, 5) is 12.7. The lowest BCUT2D eigenvalue weighted by Gasteiger charge is -2.31. The summed E-state index contributed by atoms with van der Waals surface area (Å²) in [5.74, 6) is -0.186. The maximum absolute atomic E-state index is 12.9. The molecule has 1 aromatic carbocycles. The minimum Gasteiger partial charge on any atom is -0.352 e. The first-order valence-electron chi connectivity index (χ1n) is 9.10. The minimum absolute atomic E-state index is 0.0255. The Morgan fingerprint density at radius 3 is 2.56 bits per heavy atom. The normalized spacial score (nSPS) is 16.4. The van der Waals surface area contributed by atoms with Gasteiger partial charge in [0.05, 0.1) is 11.1 Å². The number of hydrogen-bond acceptors (Lipinski definition) is 4. The van der Waals surface area contributed by atoms with Crippen LogP contribution in [-0.2, 0) is 28.4 Å². The summed E-state index contributed by atoms with van der Waals surface area (Å²) in [7, 11) is -1.69. The van der Waals surface area contributed by atoms with Crippen LogP contribution in [0.1, 0.15) is 29.5 Å². The molecule has 0 unspecified atom stereocenters. The lowest BCUT2D eigenvalue weighted by molar-refractivity contribution is -0.126. The lowest BCUT2D eigenvalue weighted by Crippen LogP contribution is -2.43. The Labute approximate surface area is 160 Å². The van der Waals surface area contributed by atoms with E-state index < -0.39 is 10.0 Å². The van der Waals surface area contributed by atoms with Crippen molar-refractivity contribution in [3.8, 4) is 0 Å². The van der Waals surface area contributed by atoms with Crippen molar-refractivity contribution in [2.45, 2.75) is 38.1 Å². The Balaban J connectivity index is 1.58. The van der Waals surface area contributed by atoms with Crippen molar-refractivity contribution >= 4 is 15.9 Å². The fourth-order valence-corrected chi connectivity index (χ4v) is 5.16. The molecule has 1 saturated heterocycles. The van der Waals surface area contributed by atoms with Gasteiger partial charge >= 0.3 is 0 Å². The van der Waals surface area contributed by atoms with Crippen molar-refractivity contribution in [1.82, 2.24) is 19.4 Å². The number of piperidine rings is 1. The number of nitrogens with zero attached hydrogens (tertiary/aromatic N) is 3. The van der Waals surface area contributed by atoms with E-state index >= 15 is 0 Å². The molecule has 1 aliphatic heterocycles. The molecular weight excluding hydrogens is 364 g/mol. The van der Waals surface area contributed by atoms with Gasteiger partial charge in [0.2, 0.25) is 15.9 Å². The van der Waals surface area contributed by atoms with E-state index in [0.717, 1.165) is 16.7 Å². The lowest BCUT2D eigenvalue weighted by atomic mass is 9.97. The Morgan fingerprint density at radius 1 is 1.26 bits per heavy atom. The highest BCUT2D eigenvalue weighted by atomic mass is 32.2. The predicted octanol–water partition coefficient (Wildman–Crippen LogP) is 1.75. The number of hydrogen-bond donors (Lipinski definition) is 1. The third-order valence-electron chi connectivity index (χ3n) is 5.00. The molecule has 1 amide bonds. The number of amides is 1. The summed E-state index contributed by atoms with van der Waals surface area (Å²) in [5.41, 5.74) is 2.74. The maximum Gasteiger partial charge on any atom is 0.243 e. The molecule has 7 nitrogen and oxygen atoms in total. The number of aromatic nitrogens is 2. The molecule has 2 heterocycles. The molecule has 0 aliphatic carbocycles. The summed E-state index contributed by atoms with van der Waals surface area (Å²) in [6.07, 6.45) is 4.64. The fourth-order valence-electron chi connectivity index (χ4n) is 3.48. The van der Waals surface area contributed by atoms with Gasteiger partial charge in [-0.25, -0.2) is 8.42 Å². The van der Waals surface area contributed by atoms with E-state index in [1.54, 1.807) is 16.9 Å². The molecule has 1 fully saturated rings. The molecule has 1 aromatic heterocycles.